The molecule has 1 heterocycles. The van der Waals surface area contributed by atoms with Gasteiger partial charge in [0.25, 0.3) is 0 Å². The minimum absolute atomic E-state index is 0.176. The predicted octanol–water partition coefficient (Wildman–Crippen LogP) is 1.41. The van der Waals surface area contributed by atoms with Crippen molar-refractivity contribution >= 4 is 17.8 Å². The van der Waals surface area contributed by atoms with Crippen molar-refractivity contribution < 1.29 is 19.1 Å². The number of carbonyl (C=O) groups excluding carboxylic acids is 3. The topological polar surface area (TPSA) is 75.7 Å². The molecule has 1 aromatic rings. The molecule has 0 atom stereocenters. The normalized spacial score (nSPS) is 15.0. The Morgan fingerprint density at radius 3 is 2.38 bits per heavy atom. The van der Waals surface area contributed by atoms with Gasteiger partial charge in [0.15, 0.2) is 0 Å². The summed E-state index contributed by atoms with van der Waals surface area (Å²) in [7, 11) is 0. The Bertz CT molecular complexity index is 590. The molecule has 24 heavy (non-hydrogen) atoms. The van der Waals surface area contributed by atoms with Gasteiger partial charge in [0.05, 0.1) is 12.5 Å². The molecule has 130 valence electrons. The number of esters is 1. The van der Waals surface area contributed by atoms with Crippen molar-refractivity contribution in [3.05, 3.63) is 35.4 Å². The van der Waals surface area contributed by atoms with Gasteiger partial charge in [-0.1, -0.05) is 29.8 Å². The predicted molar refractivity (Wildman–Crippen MR) is 89.0 cm³/mol. The Balaban J connectivity index is 1.78. The summed E-state index contributed by atoms with van der Waals surface area (Å²) < 4.78 is 5.00. The second-order valence-electron chi connectivity index (χ2n) is 5.99. The first-order chi connectivity index (χ1) is 11.5. The average Bonchev–Trinajstić information content (AvgIpc) is 2.60. The lowest BCUT2D eigenvalue weighted by molar-refractivity contribution is -0.152. The van der Waals surface area contributed by atoms with Gasteiger partial charge >= 0.3 is 17.8 Å². The fraction of sp³-hybridized carbons (Fsp3) is 0.500. The molecule has 6 nitrogen and oxygen atoms in total. The summed E-state index contributed by atoms with van der Waals surface area (Å²) in [4.78, 5) is 37.4. The van der Waals surface area contributed by atoms with Crippen molar-refractivity contribution in [1.29, 1.82) is 0 Å². The number of ether oxygens (including phenoxy) is 1. The largest absolute Gasteiger partial charge is 0.466 e. The van der Waals surface area contributed by atoms with Gasteiger partial charge in [0, 0.05) is 19.6 Å². The van der Waals surface area contributed by atoms with E-state index < -0.39 is 11.8 Å². The number of rotatable bonds is 4. The highest BCUT2D eigenvalue weighted by atomic mass is 16.5. The molecule has 0 radical (unpaired) electrons. The van der Waals surface area contributed by atoms with E-state index >= 15 is 0 Å². The van der Waals surface area contributed by atoms with Crippen LogP contribution in [-0.4, -0.2) is 42.4 Å². The summed E-state index contributed by atoms with van der Waals surface area (Å²) in [5.41, 5.74) is 2.09. The summed E-state index contributed by atoms with van der Waals surface area (Å²) >= 11 is 0. The van der Waals surface area contributed by atoms with Gasteiger partial charge in [-0.05, 0) is 32.3 Å². The number of benzene rings is 1. The third-order valence-electron chi connectivity index (χ3n) is 4.17. The van der Waals surface area contributed by atoms with Gasteiger partial charge in [-0.15, -0.1) is 0 Å². The summed E-state index contributed by atoms with van der Waals surface area (Å²) in [5.74, 6) is -1.53. The van der Waals surface area contributed by atoms with Crippen LogP contribution in [0, 0.1) is 12.8 Å². The molecule has 0 aliphatic carbocycles. The summed E-state index contributed by atoms with van der Waals surface area (Å²) in [6.45, 7) is 5.25. The molecule has 0 aromatic heterocycles. The summed E-state index contributed by atoms with van der Waals surface area (Å²) in [6, 6.07) is 7.77. The SMILES string of the molecule is CCOC(=O)C1CCN(C(=O)C(=O)NCc2ccc(C)cc2)CC1. The monoisotopic (exact) mass is 332 g/mol. The molecule has 1 saturated heterocycles. The van der Waals surface area contributed by atoms with E-state index in [0.29, 0.717) is 39.1 Å². The number of nitrogens with one attached hydrogen (secondary N) is 1. The summed E-state index contributed by atoms with van der Waals surface area (Å²) in [6.07, 6.45) is 1.08. The van der Waals surface area contributed by atoms with Gasteiger partial charge in [-0.2, -0.15) is 0 Å². The molecule has 1 fully saturated rings. The maximum atomic E-state index is 12.2. The van der Waals surface area contributed by atoms with E-state index in [2.05, 4.69) is 5.32 Å². The van der Waals surface area contributed by atoms with Crippen molar-refractivity contribution in [3.8, 4) is 0 Å². The van der Waals surface area contributed by atoms with Gasteiger partial charge in [-0.25, -0.2) is 0 Å². The first-order valence-electron chi connectivity index (χ1n) is 8.30. The summed E-state index contributed by atoms with van der Waals surface area (Å²) in [5, 5.41) is 2.65. The standard InChI is InChI=1S/C18H24N2O4/c1-3-24-18(23)15-8-10-20(11-9-15)17(22)16(21)19-12-14-6-4-13(2)5-7-14/h4-7,15H,3,8-12H2,1-2H3,(H,19,21). The Hall–Kier alpha value is -2.37. The average molecular weight is 332 g/mol. The molecular formula is C18H24N2O4. The molecule has 1 aromatic carbocycles. The van der Waals surface area contributed by atoms with Crippen LogP contribution in [0.4, 0.5) is 0 Å². The minimum Gasteiger partial charge on any atom is -0.466 e. The van der Waals surface area contributed by atoms with E-state index in [1.54, 1.807) is 6.92 Å². The van der Waals surface area contributed by atoms with Crippen LogP contribution in [0.5, 0.6) is 0 Å². The smallest absolute Gasteiger partial charge is 0.311 e. The molecule has 6 heteroatoms. The molecule has 2 rings (SSSR count). The van der Waals surface area contributed by atoms with Gasteiger partial charge in [0.1, 0.15) is 0 Å². The zero-order chi connectivity index (χ0) is 17.5. The number of carbonyl (C=O) groups is 3. The van der Waals surface area contributed by atoms with E-state index in [9.17, 15) is 14.4 Å². The fourth-order valence-corrected chi connectivity index (χ4v) is 2.69. The van der Waals surface area contributed by atoms with Crippen LogP contribution >= 0.6 is 0 Å². The number of hydrogen-bond acceptors (Lipinski definition) is 4. The van der Waals surface area contributed by atoms with Crippen molar-refractivity contribution in [1.82, 2.24) is 10.2 Å². The zero-order valence-electron chi connectivity index (χ0n) is 14.2. The first-order valence-corrected chi connectivity index (χ1v) is 8.30. The van der Waals surface area contributed by atoms with Crippen LogP contribution in [-0.2, 0) is 25.7 Å². The van der Waals surface area contributed by atoms with Crippen LogP contribution in [0.3, 0.4) is 0 Å². The molecular weight excluding hydrogens is 308 g/mol. The fourth-order valence-electron chi connectivity index (χ4n) is 2.69. The van der Waals surface area contributed by atoms with Crippen LogP contribution in [0.2, 0.25) is 0 Å². The van der Waals surface area contributed by atoms with E-state index in [1.807, 2.05) is 31.2 Å². The highest BCUT2D eigenvalue weighted by molar-refractivity contribution is 6.35. The number of piperidine rings is 1. The van der Waals surface area contributed by atoms with Gasteiger partial charge in [-0.3, -0.25) is 14.4 Å². The van der Waals surface area contributed by atoms with Crippen LogP contribution in [0.25, 0.3) is 0 Å². The second-order valence-corrected chi connectivity index (χ2v) is 5.99. The van der Waals surface area contributed by atoms with Crippen LogP contribution in [0.1, 0.15) is 30.9 Å². The Labute approximate surface area is 142 Å². The Morgan fingerprint density at radius 2 is 1.79 bits per heavy atom. The minimum atomic E-state index is -0.606. The lowest BCUT2D eigenvalue weighted by atomic mass is 9.97. The lowest BCUT2D eigenvalue weighted by Gasteiger charge is -2.30. The van der Waals surface area contributed by atoms with Crippen LogP contribution in [0.15, 0.2) is 24.3 Å². The Kier molecular flexibility index (Phi) is 6.35. The van der Waals surface area contributed by atoms with Crippen LogP contribution < -0.4 is 5.32 Å². The maximum absolute atomic E-state index is 12.2. The highest BCUT2D eigenvalue weighted by Crippen LogP contribution is 2.18. The number of hydrogen-bond donors (Lipinski definition) is 1. The molecule has 0 bridgehead atoms. The Morgan fingerprint density at radius 1 is 1.17 bits per heavy atom. The van der Waals surface area contributed by atoms with E-state index in [1.165, 1.54) is 4.90 Å². The van der Waals surface area contributed by atoms with Gasteiger partial charge < -0.3 is 15.0 Å². The molecule has 0 saturated carbocycles. The third kappa shape index (κ3) is 4.81. The molecule has 1 aliphatic rings. The maximum Gasteiger partial charge on any atom is 0.311 e. The number of aryl methyl sites for hydroxylation is 1. The van der Waals surface area contributed by atoms with E-state index in [0.717, 1.165) is 11.1 Å². The second kappa shape index (κ2) is 8.47. The lowest BCUT2D eigenvalue weighted by Crippen LogP contribution is -2.47. The van der Waals surface area contributed by atoms with Crippen molar-refractivity contribution in [2.45, 2.75) is 33.2 Å². The van der Waals surface area contributed by atoms with E-state index in [-0.39, 0.29) is 11.9 Å². The quantitative estimate of drug-likeness (QED) is 0.668. The van der Waals surface area contributed by atoms with Crippen molar-refractivity contribution in [2.75, 3.05) is 19.7 Å². The number of nitrogens with zero attached hydrogens (tertiary/aromatic N) is 1. The molecule has 1 aliphatic heterocycles. The zero-order valence-corrected chi connectivity index (χ0v) is 14.2. The van der Waals surface area contributed by atoms with Crippen molar-refractivity contribution in [2.24, 2.45) is 5.92 Å². The van der Waals surface area contributed by atoms with Crippen molar-refractivity contribution in [3.63, 3.8) is 0 Å². The molecule has 2 amide bonds. The van der Waals surface area contributed by atoms with E-state index in [4.69, 9.17) is 4.74 Å². The third-order valence-corrected chi connectivity index (χ3v) is 4.17. The highest BCUT2D eigenvalue weighted by Gasteiger charge is 2.30. The number of amides is 2. The van der Waals surface area contributed by atoms with Gasteiger partial charge in [0.2, 0.25) is 0 Å². The number of likely N-dealkylation sites (tertiary alicyclic amines) is 1. The molecule has 0 spiro atoms. The molecule has 1 N–H and O–H groups in total. The first kappa shape index (κ1) is 18.0. The molecule has 0 unspecified atom stereocenters.